The van der Waals surface area contributed by atoms with E-state index < -0.39 is 23.7 Å². The van der Waals surface area contributed by atoms with E-state index in [0.717, 1.165) is 6.07 Å². The number of halogens is 1. The molecule has 0 saturated carbocycles. The maximum Gasteiger partial charge on any atom is 0.341 e. The number of methoxy groups -OCH3 is 1. The number of hydrogen-bond acceptors (Lipinski definition) is 7. The van der Waals surface area contributed by atoms with Crippen molar-refractivity contribution in [3.8, 4) is 16.9 Å². The van der Waals surface area contributed by atoms with Crippen LogP contribution in [0.5, 0.6) is 0 Å². The molecule has 1 aromatic heterocycles. The number of fused-ring (bicyclic) bond motifs is 1. The molecule has 2 aliphatic rings. The fourth-order valence-electron chi connectivity index (χ4n) is 4.26. The predicted molar refractivity (Wildman–Crippen MR) is 114 cm³/mol. The molecule has 3 amide bonds. The lowest BCUT2D eigenvalue weighted by atomic mass is 10.0. The Bertz CT molecular complexity index is 1370. The Labute approximate surface area is 192 Å². The summed E-state index contributed by atoms with van der Waals surface area (Å²) in [5.41, 5.74) is 2.01. The van der Waals surface area contributed by atoms with Crippen molar-refractivity contribution in [2.45, 2.75) is 25.4 Å². The number of imide groups is 1. The van der Waals surface area contributed by atoms with Crippen molar-refractivity contribution in [2.75, 3.05) is 7.11 Å². The normalized spacial score (nSPS) is 17.5. The molecular formula is C23H18FN5O5. The molecule has 2 aromatic carbocycles. The van der Waals surface area contributed by atoms with Crippen molar-refractivity contribution < 1.29 is 28.3 Å². The van der Waals surface area contributed by atoms with Crippen LogP contribution in [0.1, 0.15) is 39.1 Å². The lowest BCUT2D eigenvalue weighted by molar-refractivity contribution is -0.136. The largest absolute Gasteiger partial charge is 0.465 e. The van der Waals surface area contributed by atoms with E-state index in [0.29, 0.717) is 16.8 Å². The molecule has 1 atom stereocenters. The second kappa shape index (κ2) is 8.18. The molecule has 2 aliphatic heterocycles. The molecule has 1 N–H and O–H groups in total. The van der Waals surface area contributed by atoms with Gasteiger partial charge in [0.1, 0.15) is 23.1 Å². The van der Waals surface area contributed by atoms with Crippen LogP contribution in [0, 0.1) is 5.82 Å². The number of aromatic nitrogens is 3. The molecule has 5 rings (SSSR count). The molecule has 0 aliphatic carbocycles. The maximum absolute atomic E-state index is 14.3. The number of benzene rings is 2. The van der Waals surface area contributed by atoms with Gasteiger partial charge in [-0.1, -0.05) is 17.3 Å². The Hall–Kier alpha value is -4.41. The van der Waals surface area contributed by atoms with E-state index in [-0.39, 0.29) is 48.0 Å². The monoisotopic (exact) mass is 463 g/mol. The van der Waals surface area contributed by atoms with Crippen LogP contribution in [0.2, 0.25) is 0 Å². The molecule has 0 bridgehead atoms. The first kappa shape index (κ1) is 21.4. The second-order valence-corrected chi connectivity index (χ2v) is 7.94. The number of esters is 1. The standard InChI is InChI=1S/C23H18FN5O5/c1-34-23(33)20-15(3-2-4-16(20)24)17-11-29(27-26-17)13-5-6-14-12(9-13)10-28(22(14)32)18-7-8-19(30)25-21(18)31/h2-6,9,11,18H,7-8,10H2,1H3,(H,25,30,31). The Balaban J connectivity index is 1.44. The fourth-order valence-corrected chi connectivity index (χ4v) is 4.26. The molecule has 10 nitrogen and oxygen atoms in total. The molecule has 172 valence electrons. The summed E-state index contributed by atoms with van der Waals surface area (Å²) in [5, 5.41) is 10.4. The molecule has 1 fully saturated rings. The van der Waals surface area contributed by atoms with E-state index in [1.807, 2.05) is 0 Å². The Morgan fingerprint density at radius 3 is 2.76 bits per heavy atom. The van der Waals surface area contributed by atoms with Crippen molar-refractivity contribution in [3.63, 3.8) is 0 Å². The lowest BCUT2D eigenvalue weighted by Gasteiger charge is -2.29. The zero-order chi connectivity index (χ0) is 24.0. The van der Waals surface area contributed by atoms with Crippen molar-refractivity contribution in [1.82, 2.24) is 25.2 Å². The zero-order valence-electron chi connectivity index (χ0n) is 17.9. The number of carbonyl (C=O) groups is 4. The highest BCUT2D eigenvalue weighted by Gasteiger charge is 2.39. The summed E-state index contributed by atoms with van der Waals surface area (Å²) in [6.07, 6.45) is 1.99. The van der Waals surface area contributed by atoms with Gasteiger partial charge in [0.2, 0.25) is 11.8 Å². The van der Waals surface area contributed by atoms with Crippen LogP contribution in [0.3, 0.4) is 0 Å². The average molecular weight is 463 g/mol. The van der Waals surface area contributed by atoms with E-state index in [1.165, 1.54) is 29.0 Å². The van der Waals surface area contributed by atoms with Gasteiger partial charge in [0.05, 0.1) is 19.0 Å². The van der Waals surface area contributed by atoms with Crippen LogP contribution in [0.4, 0.5) is 4.39 Å². The van der Waals surface area contributed by atoms with E-state index in [2.05, 4.69) is 20.4 Å². The number of rotatable bonds is 4. The number of hydrogen-bond donors (Lipinski definition) is 1. The molecule has 3 aromatic rings. The van der Waals surface area contributed by atoms with Gasteiger partial charge in [-0.25, -0.2) is 13.9 Å². The van der Waals surface area contributed by atoms with Gasteiger partial charge in [0.25, 0.3) is 5.91 Å². The quantitative estimate of drug-likeness (QED) is 0.461. The Kier molecular flexibility index (Phi) is 5.16. The zero-order valence-corrected chi connectivity index (χ0v) is 17.9. The van der Waals surface area contributed by atoms with E-state index in [1.54, 1.807) is 24.3 Å². The van der Waals surface area contributed by atoms with Crippen LogP contribution in [-0.4, -0.2) is 56.7 Å². The molecular weight excluding hydrogens is 445 g/mol. The van der Waals surface area contributed by atoms with Gasteiger partial charge < -0.3 is 9.64 Å². The lowest BCUT2D eigenvalue weighted by Crippen LogP contribution is -2.52. The van der Waals surface area contributed by atoms with Gasteiger partial charge in [0, 0.05) is 24.1 Å². The van der Waals surface area contributed by atoms with Gasteiger partial charge in [-0.3, -0.25) is 19.7 Å². The van der Waals surface area contributed by atoms with Crippen LogP contribution < -0.4 is 5.32 Å². The summed E-state index contributed by atoms with van der Waals surface area (Å²) < 4.78 is 20.4. The van der Waals surface area contributed by atoms with E-state index in [9.17, 15) is 23.6 Å². The number of carbonyl (C=O) groups excluding carboxylic acids is 4. The van der Waals surface area contributed by atoms with Crippen molar-refractivity contribution >= 4 is 23.7 Å². The number of nitrogens with one attached hydrogen (secondary N) is 1. The summed E-state index contributed by atoms with van der Waals surface area (Å²) >= 11 is 0. The minimum atomic E-state index is -0.827. The second-order valence-electron chi connectivity index (χ2n) is 7.94. The predicted octanol–water partition coefficient (Wildman–Crippen LogP) is 1.62. The Morgan fingerprint density at radius 2 is 2.00 bits per heavy atom. The average Bonchev–Trinajstić information content (AvgIpc) is 3.43. The third kappa shape index (κ3) is 3.51. The van der Waals surface area contributed by atoms with Crippen LogP contribution >= 0.6 is 0 Å². The first-order valence-corrected chi connectivity index (χ1v) is 10.4. The number of nitrogens with zero attached hydrogens (tertiary/aromatic N) is 4. The third-order valence-corrected chi connectivity index (χ3v) is 5.94. The molecule has 1 unspecified atom stereocenters. The van der Waals surface area contributed by atoms with Gasteiger partial charge in [0.15, 0.2) is 0 Å². The van der Waals surface area contributed by atoms with Crippen molar-refractivity contribution in [1.29, 1.82) is 0 Å². The van der Waals surface area contributed by atoms with Crippen LogP contribution in [0.25, 0.3) is 16.9 Å². The smallest absolute Gasteiger partial charge is 0.341 e. The molecule has 34 heavy (non-hydrogen) atoms. The van der Waals surface area contributed by atoms with Gasteiger partial charge in [-0.15, -0.1) is 5.10 Å². The van der Waals surface area contributed by atoms with Crippen LogP contribution in [0.15, 0.2) is 42.6 Å². The number of amides is 3. The maximum atomic E-state index is 14.3. The summed E-state index contributed by atoms with van der Waals surface area (Å²) in [7, 11) is 1.17. The van der Waals surface area contributed by atoms with Gasteiger partial charge in [-0.05, 0) is 36.2 Å². The summed E-state index contributed by atoms with van der Waals surface area (Å²) in [6, 6.07) is 8.53. The first-order valence-electron chi connectivity index (χ1n) is 10.4. The topological polar surface area (TPSA) is 123 Å². The molecule has 3 heterocycles. The minimum absolute atomic E-state index is 0.178. The number of piperidine rings is 1. The molecule has 1 saturated heterocycles. The molecule has 11 heteroatoms. The highest BCUT2D eigenvalue weighted by Crippen LogP contribution is 2.30. The van der Waals surface area contributed by atoms with Gasteiger partial charge >= 0.3 is 5.97 Å². The van der Waals surface area contributed by atoms with E-state index >= 15 is 0 Å². The van der Waals surface area contributed by atoms with Crippen LogP contribution in [-0.2, 0) is 20.9 Å². The molecule has 0 spiro atoms. The third-order valence-electron chi connectivity index (χ3n) is 5.94. The SMILES string of the molecule is COC(=O)c1c(F)cccc1-c1cn(-c2ccc3c(c2)CN(C2CCC(=O)NC2=O)C3=O)nn1. The first-order chi connectivity index (χ1) is 16.4. The summed E-state index contributed by atoms with van der Waals surface area (Å²) in [4.78, 5) is 50.1. The summed E-state index contributed by atoms with van der Waals surface area (Å²) in [5.74, 6) is -2.66. The number of ether oxygens (including phenoxy) is 1. The fraction of sp³-hybridized carbons (Fsp3) is 0.217. The highest BCUT2D eigenvalue weighted by atomic mass is 19.1. The van der Waals surface area contributed by atoms with Crippen molar-refractivity contribution in [2.24, 2.45) is 0 Å². The minimum Gasteiger partial charge on any atom is -0.465 e. The van der Waals surface area contributed by atoms with Crippen molar-refractivity contribution in [3.05, 3.63) is 65.1 Å². The Morgan fingerprint density at radius 1 is 1.18 bits per heavy atom. The highest BCUT2D eigenvalue weighted by molar-refractivity contribution is 6.05. The molecule has 0 radical (unpaired) electrons. The van der Waals surface area contributed by atoms with Gasteiger partial charge in [-0.2, -0.15) is 0 Å². The summed E-state index contributed by atoms with van der Waals surface area (Å²) in [6.45, 7) is 0.215. The van der Waals surface area contributed by atoms with E-state index in [4.69, 9.17) is 0 Å².